The number of ether oxygens (including phenoxy) is 2. The fraction of sp³-hybridized carbons (Fsp3) is 1.00. The number of hydrogen-bond acceptors (Lipinski definition) is 3. The number of methoxy groups -OCH3 is 1. The maximum Gasteiger partial charge on any atom is 0.106 e. The lowest BCUT2D eigenvalue weighted by molar-refractivity contribution is -0.0207. The summed E-state index contributed by atoms with van der Waals surface area (Å²) in [6.45, 7) is -0.0111. The summed E-state index contributed by atoms with van der Waals surface area (Å²) in [5.74, 6) is 0. The van der Waals surface area contributed by atoms with Gasteiger partial charge in [-0.3, -0.25) is 0 Å². The molecule has 1 saturated heterocycles. The second-order valence-electron chi connectivity index (χ2n) is 2.60. The maximum atomic E-state index is 8.82. The van der Waals surface area contributed by atoms with E-state index in [1.165, 1.54) is 7.17 Å². The van der Waals surface area contributed by atoms with Gasteiger partial charge in [-0.25, -0.2) is 0 Å². The van der Waals surface area contributed by atoms with E-state index in [9.17, 15) is 0 Å². The van der Waals surface area contributed by atoms with Gasteiger partial charge in [-0.1, -0.05) is 0 Å². The molecule has 3 radical (unpaired) electrons. The Hall–Kier alpha value is 0.00987. The smallest absolute Gasteiger partial charge is 0.106 e. The Balaban J connectivity index is 2.41. The lowest BCUT2D eigenvalue weighted by atomic mass is 9.51. The molecule has 0 spiro atoms. The van der Waals surface area contributed by atoms with Crippen molar-refractivity contribution in [2.45, 2.75) is 24.6 Å². The van der Waals surface area contributed by atoms with Crippen LogP contribution >= 0.6 is 0 Å². The summed E-state index contributed by atoms with van der Waals surface area (Å²) in [6, 6.07) is -0.0721. The first-order valence-corrected chi connectivity index (χ1v) is 3.66. The molecule has 0 aromatic rings. The standard InChI is InChI=1S/C6H11B2O3/c1-10-4-2-6(8-7)11-5(4)3-9/h4-6,9H,2-3H2,1H3/t4-,5-,6-/m1/s1. The maximum absolute atomic E-state index is 8.82. The summed E-state index contributed by atoms with van der Waals surface area (Å²) in [7, 11) is 8.37. The lowest BCUT2D eigenvalue weighted by Crippen LogP contribution is -2.26. The molecule has 1 heterocycles. The van der Waals surface area contributed by atoms with Crippen molar-refractivity contribution in [3.05, 3.63) is 0 Å². The van der Waals surface area contributed by atoms with Crippen molar-refractivity contribution in [3.63, 3.8) is 0 Å². The molecule has 1 fully saturated rings. The van der Waals surface area contributed by atoms with Crippen LogP contribution in [0, 0.1) is 0 Å². The van der Waals surface area contributed by atoms with Crippen molar-refractivity contribution in [1.82, 2.24) is 0 Å². The van der Waals surface area contributed by atoms with Gasteiger partial charge in [0.05, 0.1) is 19.9 Å². The largest absolute Gasteiger partial charge is 0.394 e. The van der Waals surface area contributed by atoms with Crippen LogP contribution in [0.2, 0.25) is 0 Å². The number of hydrogen-bond donors (Lipinski definition) is 1. The molecule has 0 amide bonds. The van der Waals surface area contributed by atoms with Gasteiger partial charge >= 0.3 is 0 Å². The Morgan fingerprint density at radius 2 is 2.55 bits per heavy atom. The van der Waals surface area contributed by atoms with Gasteiger partial charge < -0.3 is 14.6 Å². The summed E-state index contributed by atoms with van der Waals surface area (Å²) in [4.78, 5) is 0. The van der Waals surface area contributed by atoms with Crippen molar-refractivity contribution >= 4 is 14.9 Å². The molecule has 1 N–H and O–H groups in total. The summed E-state index contributed by atoms with van der Waals surface area (Å²) >= 11 is 0. The average Bonchev–Trinajstić information content (AvgIpc) is 2.46. The molecule has 0 aromatic carbocycles. The molecule has 0 aliphatic carbocycles. The predicted octanol–water partition coefficient (Wildman–Crippen LogP) is -1.10. The summed E-state index contributed by atoms with van der Waals surface area (Å²) < 4.78 is 10.4. The average molecular weight is 153 g/mol. The number of rotatable bonds is 3. The summed E-state index contributed by atoms with van der Waals surface area (Å²) in [5, 5.41) is 8.82. The second-order valence-corrected chi connectivity index (χ2v) is 2.60. The molecule has 11 heavy (non-hydrogen) atoms. The molecule has 59 valence electrons. The first kappa shape index (κ1) is 9.10. The fourth-order valence-electron chi connectivity index (χ4n) is 1.28. The molecular formula is C6H11B2O3. The first-order chi connectivity index (χ1) is 5.31. The molecule has 5 heteroatoms. The predicted molar refractivity (Wildman–Crippen MR) is 42.7 cm³/mol. The van der Waals surface area contributed by atoms with Gasteiger partial charge in [0.25, 0.3) is 0 Å². The highest BCUT2D eigenvalue weighted by molar-refractivity contribution is 6.90. The zero-order chi connectivity index (χ0) is 8.27. The van der Waals surface area contributed by atoms with E-state index >= 15 is 0 Å². The number of aliphatic hydroxyl groups excluding tert-OH is 1. The van der Waals surface area contributed by atoms with E-state index in [0.29, 0.717) is 0 Å². The van der Waals surface area contributed by atoms with Crippen LogP contribution in [-0.2, 0) is 9.47 Å². The topological polar surface area (TPSA) is 38.7 Å². The van der Waals surface area contributed by atoms with E-state index in [-0.39, 0.29) is 24.8 Å². The van der Waals surface area contributed by atoms with Crippen molar-refractivity contribution < 1.29 is 14.6 Å². The molecule has 3 atom stereocenters. The van der Waals surface area contributed by atoms with Crippen molar-refractivity contribution in [1.29, 1.82) is 0 Å². The quantitative estimate of drug-likeness (QED) is 0.522. The molecular weight excluding hydrogens is 142 g/mol. The van der Waals surface area contributed by atoms with Crippen LogP contribution < -0.4 is 0 Å². The van der Waals surface area contributed by atoms with Gasteiger partial charge in [0.2, 0.25) is 0 Å². The highest BCUT2D eigenvalue weighted by Gasteiger charge is 2.33. The molecule has 0 aromatic heterocycles. The van der Waals surface area contributed by atoms with Gasteiger partial charge in [0.1, 0.15) is 6.10 Å². The van der Waals surface area contributed by atoms with Crippen LogP contribution in [0.4, 0.5) is 0 Å². The van der Waals surface area contributed by atoms with Crippen LogP contribution in [0.15, 0.2) is 0 Å². The molecule has 3 nitrogen and oxygen atoms in total. The Morgan fingerprint density at radius 3 is 2.91 bits per heavy atom. The van der Waals surface area contributed by atoms with Crippen molar-refractivity contribution in [2.75, 3.05) is 13.7 Å². The zero-order valence-corrected chi connectivity index (χ0v) is 6.56. The van der Waals surface area contributed by atoms with E-state index < -0.39 is 0 Å². The van der Waals surface area contributed by atoms with Gasteiger partial charge in [0.15, 0.2) is 0 Å². The Kier molecular flexibility index (Phi) is 3.43. The molecule has 0 saturated carbocycles. The highest BCUT2D eigenvalue weighted by Crippen LogP contribution is 2.21. The van der Waals surface area contributed by atoms with E-state index in [1.54, 1.807) is 7.11 Å². The Labute approximate surface area is 68.7 Å². The number of aliphatic hydroxyl groups is 1. The molecule has 1 rings (SSSR count). The van der Waals surface area contributed by atoms with Crippen molar-refractivity contribution in [3.8, 4) is 0 Å². The fourth-order valence-corrected chi connectivity index (χ4v) is 1.28. The monoisotopic (exact) mass is 153 g/mol. The zero-order valence-electron chi connectivity index (χ0n) is 6.56. The van der Waals surface area contributed by atoms with Crippen LogP contribution in [0.1, 0.15) is 6.42 Å². The lowest BCUT2D eigenvalue weighted by Gasteiger charge is -2.13. The minimum absolute atomic E-state index is 0.0111. The minimum Gasteiger partial charge on any atom is -0.394 e. The molecule has 1 aliphatic heterocycles. The molecule has 0 bridgehead atoms. The van der Waals surface area contributed by atoms with E-state index in [1.807, 2.05) is 0 Å². The molecule has 1 aliphatic rings. The van der Waals surface area contributed by atoms with Crippen LogP contribution in [0.5, 0.6) is 0 Å². The third kappa shape index (κ3) is 1.98. The SMILES string of the molecule is [B][B][C@H]1C[C@@H](OC)[C@@H](CO)O1. The normalized spacial score (nSPS) is 37.5. The van der Waals surface area contributed by atoms with Crippen molar-refractivity contribution in [2.24, 2.45) is 0 Å². The summed E-state index contributed by atoms with van der Waals surface area (Å²) in [5.41, 5.74) is 0. The van der Waals surface area contributed by atoms with Gasteiger partial charge in [-0.05, 0) is 6.42 Å². The van der Waals surface area contributed by atoms with Crippen LogP contribution in [0.3, 0.4) is 0 Å². The van der Waals surface area contributed by atoms with Gasteiger partial charge in [-0.2, -0.15) is 0 Å². The molecule has 0 unspecified atom stereocenters. The van der Waals surface area contributed by atoms with E-state index in [0.717, 1.165) is 6.42 Å². The summed E-state index contributed by atoms with van der Waals surface area (Å²) in [6.07, 6.45) is 0.493. The van der Waals surface area contributed by atoms with E-state index in [4.69, 9.17) is 22.3 Å². The third-order valence-electron chi connectivity index (χ3n) is 1.93. The Morgan fingerprint density at radius 1 is 1.82 bits per heavy atom. The second kappa shape index (κ2) is 4.14. The van der Waals surface area contributed by atoms with Gasteiger partial charge in [-0.15, -0.1) is 0 Å². The van der Waals surface area contributed by atoms with Crippen LogP contribution in [-0.4, -0.2) is 51.9 Å². The highest BCUT2D eigenvalue weighted by atomic mass is 16.6. The third-order valence-corrected chi connectivity index (χ3v) is 1.93. The minimum atomic E-state index is -0.218. The Bertz CT molecular complexity index is 110. The van der Waals surface area contributed by atoms with E-state index in [2.05, 4.69) is 0 Å². The first-order valence-electron chi connectivity index (χ1n) is 3.66. The van der Waals surface area contributed by atoms with Gasteiger partial charge in [0, 0.05) is 20.9 Å². The van der Waals surface area contributed by atoms with Crippen LogP contribution in [0.25, 0.3) is 0 Å².